The van der Waals surface area contributed by atoms with Crippen LogP contribution >= 0.6 is 0 Å². The molecule has 0 saturated heterocycles. The van der Waals surface area contributed by atoms with Crippen LogP contribution in [0.3, 0.4) is 0 Å². The Morgan fingerprint density at radius 1 is 1.06 bits per heavy atom. The largest absolute Gasteiger partial charge is 0.322 e. The first-order chi connectivity index (χ1) is 16.8. The van der Waals surface area contributed by atoms with Gasteiger partial charge in [0.05, 0.1) is 9.64 Å². The van der Waals surface area contributed by atoms with Crippen molar-refractivity contribution in [2.45, 2.75) is 104 Å². The Balaban J connectivity index is 0.00000201. The van der Waals surface area contributed by atoms with Crippen LogP contribution in [0.5, 0.6) is 0 Å². The molecule has 0 unspecified atom stereocenters. The number of nitrogens with one attached hydrogen (secondary N) is 1. The molecule has 1 amide bonds. The van der Waals surface area contributed by atoms with Gasteiger partial charge in [-0.1, -0.05) is 47.1 Å². The summed E-state index contributed by atoms with van der Waals surface area (Å²) in [5.41, 5.74) is 1.41. The number of amides is 1. The van der Waals surface area contributed by atoms with Gasteiger partial charge in [0, 0.05) is 18.7 Å². The minimum Gasteiger partial charge on any atom is -0.322 e. The minimum absolute atomic E-state index is 0. The van der Waals surface area contributed by atoms with Crippen LogP contribution in [0.4, 0.5) is 14.5 Å². The van der Waals surface area contributed by atoms with Gasteiger partial charge in [0.15, 0.2) is 21.5 Å². The van der Waals surface area contributed by atoms with Crippen molar-refractivity contribution in [3.63, 3.8) is 0 Å². The smallest absolute Gasteiger partial charge is 0.255 e. The zero-order valence-electron chi connectivity index (χ0n) is 23.3. The second kappa shape index (κ2) is 13.3. The molecule has 4 nitrogen and oxygen atoms in total. The molecular formula is C29H45F2NO3S. The third-order valence-corrected chi connectivity index (χ3v) is 9.47. The lowest BCUT2D eigenvalue weighted by Crippen LogP contribution is -2.39. The molecule has 1 aliphatic rings. The number of sulfone groups is 1. The zero-order valence-corrected chi connectivity index (χ0v) is 24.1. The topological polar surface area (TPSA) is 63.2 Å². The summed E-state index contributed by atoms with van der Waals surface area (Å²) < 4.78 is 53.7. The molecule has 1 N–H and O–H groups in total. The summed E-state index contributed by atoms with van der Waals surface area (Å²) in [6, 6.07) is 5.48. The van der Waals surface area contributed by atoms with E-state index >= 15 is 0 Å². The highest BCUT2D eigenvalue weighted by atomic mass is 32.2. The minimum atomic E-state index is -3.66. The molecule has 2 aromatic carbocycles. The maximum Gasteiger partial charge on any atom is 0.255 e. The molecular weight excluding hydrogens is 480 g/mol. The standard InChI is InChI=1S/C24H29F2NO3S.C3H8.C2H6.H2/c1-14-8-10-24(5,11-9-14)31(29,30)21-12-18(7-6-15(21)2)23(28)27-20-13-19(25)22(26)17(4)16(20)3;1-3-2;1-2;/h6-7,12-14H,8-11H2,1-5H3,(H,27,28);3H2,1-2H3;1-2H3;1H. The van der Waals surface area contributed by atoms with Crippen molar-refractivity contribution in [1.29, 1.82) is 0 Å². The molecule has 0 spiro atoms. The number of benzene rings is 2. The highest BCUT2D eigenvalue weighted by Gasteiger charge is 2.43. The zero-order chi connectivity index (χ0) is 27.8. The van der Waals surface area contributed by atoms with Gasteiger partial charge < -0.3 is 5.32 Å². The highest BCUT2D eigenvalue weighted by Crippen LogP contribution is 2.41. The number of hydrogen-bond donors (Lipinski definition) is 1. The van der Waals surface area contributed by atoms with E-state index in [4.69, 9.17) is 0 Å². The van der Waals surface area contributed by atoms with Crippen LogP contribution in [-0.4, -0.2) is 19.1 Å². The fourth-order valence-electron chi connectivity index (χ4n) is 4.11. The van der Waals surface area contributed by atoms with Crippen molar-refractivity contribution >= 4 is 21.4 Å². The number of hydrogen-bond acceptors (Lipinski definition) is 3. The van der Waals surface area contributed by atoms with Gasteiger partial charge in [-0.15, -0.1) is 0 Å². The Morgan fingerprint density at radius 3 is 2.11 bits per heavy atom. The van der Waals surface area contributed by atoms with Crippen LogP contribution in [0.1, 0.15) is 102 Å². The van der Waals surface area contributed by atoms with E-state index in [0.717, 1.165) is 18.9 Å². The highest BCUT2D eigenvalue weighted by molar-refractivity contribution is 7.92. The number of carbonyl (C=O) groups is 1. The first-order valence-electron chi connectivity index (χ1n) is 12.9. The molecule has 0 aromatic heterocycles. The van der Waals surface area contributed by atoms with E-state index < -0.39 is 32.1 Å². The fraction of sp³-hybridized carbons (Fsp3) is 0.552. The van der Waals surface area contributed by atoms with Crippen molar-refractivity contribution in [3.8, 4) is 0 Å². The lowest BCUT2D eigenvalue weighted by Gasteiger charge is -2.36. The normalized spacial score (nSPS) is 19.4. The average molecular weight is 526 g/mol. The SMILES string of the molecule is CC.CCC.Cc1ccc(C(=O)Nc2cc(F)c(F)c(C)c2C)cc1S(=O)(=O)C1(C)CCC(C)CC1.[HH]. The molecule has 1 saturated carbocycles. The molecule has 204 valence electrons. The molecule has 0 heterocycles. The Morgan fingerprint density at radius 2 is 1.58 bits per heavy atom. The molecule has 0 radical (unpaired) electrons. The second-order valence-electron chi connectivity index (χ2n) is 9.75. The number of halogens is 2. The van der Waals surface area contributed by atoms with Gasteiger partial charge in [-0.25, -0.2) is 17.2 Å². The lowest BCUT2D eigenvalue weighted by atomic mass is 9.83. The Kier molecular flexibility index (Phi) is 11.7. The maximum atomic E-state index is 13.8. The summed E-state index contributed by atoms with van der Waals surface area (Å²) in [4.78, 5) is 13.0. The van der Waals surface area contributed by atoms with Crippen molar-refractivity contribution in [3.05, 3.63) is 58.2 Å². The molecule has 7 heteroatoms. The van der Waals surface area contributed by atoms with E-state index in [1.807, 2.05) is 13.8 Å². The molecule has 3 rings (SSSR count). The summed E-state index contributed by atoms with van der Waals surface area (Å²) in [6.45, 7) is 16.9. The molecule has 0 aliphatic heterocycles. The van der Waals surface area contributed by atoms with E-state index in [1.54, 1.807) is 26.8 Å². The van der Waals surface area contributed by atoms with E-state index in [9.17, 15) is 22.0 Å². The van der Waals surface area contributed by atoms with Gasteiger partial charge in [0.25, 0.3) is 5.91 Å². The van der Waals surface area contributed by atoms with Crippen LogP contribution in [0, 0.1) is 38.3 Å². The summed E-state index contributed by atoms with van der Waals surface area (Å²) in [5, 5.41) is 2.59. The number of aryl methyl sites for hydroxylation is 1. The van der Waals surface area contributed by atoms with Gasteiger partial charge in [-0.3, -0.25) is 4.79 Å². The molecule has 1 fully saturated rings. The predicted octanol–water partition coefficient (Wildman–Crippen LogP) is 8.57. The molecule has 36 heavy (non-hydrogen) atoms. The summed E-state index contributed by atoms with van der Waals surface area (Å²) in [7, 11) is -3.66. The first-order valence-corrected chi connectivity index (χ1v) is 14.4. The average Bonchev–Trinajstić information content (AvgIpc) is 2.84. The summed E-state index contributed by atoms with van der Waals surface area (Å²) in [5.74, 6) is -2.07. The van der Waals surface area contributed by atoms with Gasteiger partial charge in [-0.2, -0.15) is 0 Å². The van der Waals surface area contributed by atoms with Crippen LogP contribution in [-0.2, 0) is 9.84 Å². The lowest BCUT2D eigenvalue weighted by molar-refractivity contribution is 0.102. The number of anilines is 1. The molecule has 2 aromatic rings. The Hall–Kier alpha value is -2.28. The van der Waals surface area contributed by atoms with E-state index in [1.165, 1.54) is 25.5 Å². The third kappa shape index (κ3) is 6.93. The Labute approximate surface area is 218 Å². The van der Waals surface area contributed by atoms with E-state index in [2.05, 4.69) is 26.1 Å². The van der Waals surface area contributed by atoms with Crippen molar-refractivity contribution < 1.29 is 23.4 Å². The Bertz CT molecular complexity index is 1160. The first kappa shape index (κ1) is 31.7. The quantitative estimate of drug-likeness (QED) is 0.435. The maximum absolute atomic E-state index is 13.8. The molecule has 0 atom stereocenters. The van der Waals surface area contributed by atoms with Crippen molar-refractivity contribution in [2.75, 3.05) is 5.32 Å². The van der Waals surface area contributed by atoms with Gasteiger partial charge in [0.2, 0.25) is 0 Å². The van der Waals surface area contributed by atoms with E-state index in [-0.39, 0.29) is 23.1 Å². The van der Waals surface area contributed by atoms with Crippen molar-refractivity contribution in [1.82, 2.24) is 0 Å². The number of rotatable bonds is 4. The van der Waals surface area contributed by atoms with Crippen LogP contribution in [0.2, 0.25) is 0 Å². The van der Waals surface area contributed by atoms with Crippen molar-refractivity contribution in [2.24, 2.45) is 5.92 Å². The predicted molar refractivity (Wildman–Crippen MR) is 148 cm³/mol. The van der Waals surface area contributed by atoms with Crippen LogP contribution in [0.25, 0.3) is 0 Å². The fourth-order valence-corrected chi connectivity index (χ4v) is 6.18. The summed E-state index contributed by atoms with van der Waals surface area (Å²) in [6.07, 6.45) is 4.12. The number of carbonyl (C=O) groups excluding carboxylic acids is 1. The van der Waals surface area contributed by atoms with Gasteiger partial charge in [-0.05, 0) is 88.1 Å². The van der Waals surface area contributed by atoms with Crippen LogP contribution in [0.15, 0.2) is 29.2 Å². The second-order valence-corrected chi connectivity index (χ2v) is 12.2. The third-order valence-electron chi connectivity index (χ3n) is 6.75. The molecule has 1 aliphatic carbocycles. The van der Waals surface area contributed by atoms with Crippen LogP contribution < -0.4 is 5.32 Å². The van der Waals surface area contributed by atoms with Gasteiger partial charge in [0.1, 0.15) is 0 Å². The van der Waals surface area contributed by atoms with E-state index in [0.29, 0.717) is 29.9 Å². The monoisotopic (exact) mass is 525 g/mol. The van der Waals surface area contributed by atoms with Gasteiger partial charge >= 0.3 is 0 Å². The summed E-state index contributed by atoms with van der Waals surface area (Å²) >= 11 is 0. The molecule has 0 bridgehead atoms.